The summed E-state index contributed by atoms with van der Waals surface area (Å²) in [5.74, 6) is 0.287. The van der Waals surface area contributed by atoms with Crippen LogP contribution in [-0.4, -0.2) is 36.3 Å². The molecule has 1 heterocycles. The maximum absolute atomic E-state index is 12.1. The molecule has 1 radical (unpaired) electrons. The summed E-state index contributed by atoms with van der Waals surface area (Å²) in [6.45, 7) is 4.89. The van der Waals surface area contributed by atoms with Gasteiger partial charge in [-0.3, -0.25) is 9.59 Å². The molecule has 0 spiro atoms. The van der Waals surface area contributed by atoms with Crippen molar-refractivity contribution < 1.29 is 14.3 Å². The average Bonchev–Trinajstić information content (AvgIpc) is 2.55. The number of nitrogens with zero attached hydrogens (tertiary/aromatic N) is 1. The van der Waals surface area contributed by atoms with Gasteiger partial charge in [0.25, 0.3) is 0 Å². The van der Waals surface area contributed by atoms with Crippen LogP contribution in [0.15, 0.2) is 24.3 Å². The van der Waals surface area contributed by atoms with Gasteiger partial charge in [0.15, 0.2) is 5.78 Å². The van der Waals surface area contributed by atoms with Crippen LogP contribution in [0.5, 0.6) is 5.75 Å². The number of ether oxygens (including phenoxy) is 1. The van der Waals surface area contributed by atoms with Crippen LogP contribution in [0.2, 0.25) is 0 Å². The number of unbranched alkanes of at least 4 members (excludes halogenated alkanes) is 2. The van der Waals surface area contributed by atoms with Gasteiger partial charge in [-0.1, -0.05) is 6.42 Å². The number of piperidine rings is 1. The summed E-state index contributed by atoms with van der Waals surface area (Å²) in [5.41, 5.74) is 0.687. The third-order valence-corrected chi connectivity index (χ3v) is 4.11. The zero-order valence-corrected chi connectivity index (χ0v) is 13.9. The molecule has 1 aromatic carbocycles. The third-order valence-electron chi connectivity index (χ3n) is 4.11. The Morgan fingerprint density at radius 3 is 2.39 bits per heavy atom. The van der Waals surface area contributed by atoms with Crippen molar-refractivity contribution in [2.75, 3.05) is 19.6 Å². The lowest BCUT2D eigenvalue weighted by molar-refractivity contribution is -0.131. The van der Waals surface area contributed by atoms with Crippen LogP contribution in [0.4, 0.5) is 0 Å². The molecule has 1 saturated heterocycles. The second-order valence-corrected chi connectivity index (χ2v) is 6.06. The lowest BCUT2D eigenvalue weighted by Crippen LogP contribution is -2.30. The first-order valence-electron chi connectivity index (χ1n) is 8.51. The van der Waals surface area contributed by atoms with Crippen LogP contribution < -0.4 is 4.74 Å². The van der Waals surface area contributed by atoms with Crippen molar-refractivity contribution in [1.82, 2.24) is 4.90 Å². The Labute approximate surface area is 138 Å². The summed E-state index contributed by atoms with van der Waals surface area (Å²) >= 11 is 0. The van der Waals surface area contributed by atoms with Gasteiger partial charge in [-0.25, -0.2) is 0 Å². The van der Waals surface area contributed by atoms with Gasteiger partial charge in [0, 0.05) is 18.9 Å². The standard InChI is InChI=1S/C19H26NO3/c1-16(21)23-18-11-9-17(10-12-18)19(22)8-4-2-5-13-20-14-6-3-7-15-20/h3,9-12H,2,4-8,13-15H2,1H3. The zero-order chi connectivity index (χ0) is 16.5. The van der Waals surface area contributed by atoms with Crippen LogP contribution in [0.25, 0.3) is 0 Å². The summed E-state index contributed by atoms with van der Waals surface area (Å²) in [7, 11) is 0. The number of rotatable bonds is 8. The molecule has 0 N–H and O–H groups in total. The molecular weight excluding hydrogens is 290 g/mol. The molecule has 1 aliphatic heterocycles. The first kappa shape index (κ1) is 17.7. The highest BCUT2D eigenvalue weighted by Crippen LogP contribution is 2.15. The SMILES string of the molecule is CC(=O)Oc1ccc(C(=O)CCCCCN2CC[CH]CC2)cc1. The van der Waals surface area contributed by atoms with Gasteiger partial charge < -0.3 is 9.64 Å². The van der Waals surface area contributed by atoms with Crippen molar-refractivity contribution in [1.29, 1.82) is 0 Å². The number of carbonyl (C=O) groups excluding carboxylic acids is 2. The largest absolute Gasteiger partial charge is 0.427 e. The van der Waals surface area contributed by atoms with Gasteiger partial charge in [-0.15, -0.1) is 0 Å². The molecule has 0 aromatic heterocycles. The normalized spacial score (nSPS) is 15.3. The number of hydrogen-bond donors (Lipinski definition) is 0. The Bertz CT molecular complexity index is 504. The fourth-order valence-electron chi connectivity index (χ4n) is 2.84. The van der Waals surface area contributed by atoms with Gasteiger partial charge in [-0.05, 0) is 76.0 Å². The summed E-state index contributed by atoms with van der Waals surface area (Å²) in [6, 6.07) is 6.79. The van der Waals surface area contributed by atoms with Crippen molar-refractivity contribution in [3.8, 4) is 5.75 Å². The smallest absolute Gasteiger partial charge is 0.308 e. The zero-order valence-electron chi connectivity index (χ0n) is 13.9. The predicted molar refractivity (Wildman–Crippen MR) is 90.5 cm³/mol. The molecule has 1 fully saturated rings. The number of Topliss-reactive ketones (excluding diaryl/α,β-unsaturated/α-hetero) is 1. The molecule has 23 heavy (non-hydrogen) atoms. The number of ketones is 1. The monoisotopic (exact) mass is 316 g/mol. The van der Waals surface area contributed by atoms with Crippen LogP contribution in [0.1, 0.15) is 55.8 Å². The number of benzene rings is 1. The fraction of sp³-hybridized carbons (Fsp3) is 0.526. The van der Waals surface area contributed by atoms with E-state index < -0.39 is 0 Å². The highest BCUT2D eigenvalue weighted by molar-refractivity contribution is 5.96. The van der Waals surface area contributed by atoms with E-state index in [0.717, 1.165) is 19.4 Å². The first-order valence-corrected chi connectivity index (χ1v) is 8.51. The van der Waals surface area contributed by atoms with Gasteiger partial charge >= 0.3 is 5.97 Å². The molecule has 0 saturated carbocycles. The number of carbonyl (C=O) groups is 2. The summed E-state index contributed by atoms with van der Waals surface area (Å²) in [6.07, 6.45) is 8.56. The molecule has 2 rings (SSSR count). The minimum atomic E-state index is -0.351. The molecule has 1 aromatic rings. The molecule has 125 valence electrons. The number of esters is 1. The van der Waals surface area contributed by atoms with Crippen LogP contribution >= 0.6 is 0 Å². The highest BCUT2D eigenvalue weighted by atomic mass is 16.5. The molecule has 0 amide bonds. The molecule has 0 aliphatic carbocycles. The van der Waals surface area contributed by atoms with E-state index in [-0.39, 0.29) is 11.8 Å². The first-order chi connectivity index (χ1) is 11.1. The van der Waals surface area contributed by atoms with Gasteiger partial charge in [-0.2, -0.15) is 0 Å². The summed E-state index contributed by atoms with van der Waals surface area (Å²) < 4.78 is 4.96. The second-order valence-electron chi connectivity index (χ2n) is 6.06. The third kappa shape index (κ3) is 6.53. The van der Waals surface area contributed by atoms with Crippen LogP contribution in [0.3, 0.4) is 0 Å². The lowest BCUT2D eigenvalue weighted by atomic mass is 10.0. The Balaban J connectivity index is 1.63. The fourth-order valence-corrected chi connectivity index (χ4v) is 2.84. The molecule has 4 nitrogen and oxygen atoms in total. The molecule has 0 bridgehead atoms. The van der Waals surface area contributed by atoms with E-state index in [1.54, 1.807) is 24.3 Å². The molecule has 0 unspecified atom stereocenters. The highest BCUT2D eigenvalue weighted by Gasteiger charge is 2.10. The second kappa shape index (κ2) is 9.46. The Morgan fingerprint density at radius 2 is 1.74 bits per heavy atom. The molecule has 4 heteroatoms. The Kier molecular flexibility index (Phi) is 7.27. The van der Waals surface area contributed by atoms with Crippen LogP contribution in [0, 0.1) is 6.42 Å². The predicted octanol–water partition coefficient (Wildman–Crippen LogP) is 3.66. The van der Waals surface area contributed by atoms with E-state index in [4.69, 9.17) is 4.74 Å². The van der Waals surface area contributed by atoms with Gasteiger partial charge in [0.1, 0.15) is 5.75 Å². The van der Waals surface area contributed by atoms with Crippen molar-refractivity contribution in [2.45, 2.75) is 45.4 Å². The summed E-state index contributed by atoms with van der Waals surface area (Å²) in [5, 5.41) is 0. The van der Waals surface area contributed by atoms with Gasteiger partial charge in [0.05, 0.1) is 0 Å². The molecular formula is C19H26NO3. The van der Waals surface area contributed by atoms with Crippen molar-refractivity contribution in [3.05, 3.63) is 36.2 Å². The minimum Gasteiger partial charge on any atom is -0.427 e. The average molecular weight is 316 g/mol. The van der Waals surface area contributed by atoms with E-state index in [9.17, 15) is 9.59 Å². The van der Waals surface area contributed by atoms with E-state index in [1.165, 1.54) is 39.3 Å². The number of hydrogen-bond acceptors (Lipinski definition) is 4. The number of likely N-dealkylation sites (tertiary alicyclic amines) is 1. The molecule has 0 atom stereocenters. The molecule has 1 aliphatic rings. The maximum Gasteiger partial charge on any atom is 0.308 e. The topological polar surface area (TPSA) is 46.6 Å². The van der Waals surface area contributed by atoms with Crippen molar-refractivity contribution in [3.63, 3.8) is 0 Å². The maximum atomic E-state index is 12.1. The van der Waals surface area contributed by atoms with E-state index in [0.29, 0.717) is 17.7 Å². The Hall–Kier alpha value is -1.68. The van der Waals surface area contributed by atoms with Crippen molar-refractivity contribution >= 4 is 11.8 Å². The summed E-state index contributed by atoms with van der Waals surface area (Å²) in [4.78, 5) is 25.5. The van der Waals surface area contributed by atoms with E-state index in [1.807, 2.05) is 0 Å². The van der Waals surface area contributed by atoms with Crippen LogP contribution in [-0.2, 0) is 4.79 Å². The Morgan fingerprint density at radius 1 is 1.04 bits per heavy atom. The quantitative estimate of drug-likeness (QED) is 0.318. The van der Waals surface area contributed by atoms with Crippen molar-refractivity contribution in [2.24, 2.45) is 0 Å². The van der Waals surface area contributed by atoms with E-state index >= 15 is 0 Å². The lowest BCUT2D eigenvalue weighted by Gasteiger charge is -2.26. The minimum absolute atomic E-state index is 0.159. The van der Waals surface area contributed by atoms with Gasteiger partial charge in [0.2, 0.25) is 0 Å². The van der Waals surface area contributed by atoms with E-state index in [2.05, 4.69) is 11.3 Å².